The van der Waals surface area contributed by atoms with Crippen LogP contribution >= 0.6 is 0 Å². The molecular formula is C19H21N5O3S. The number of nitrogens with zero attached hydrogens (tertiary/aromatic N) is 3. The average molecular weight is 399 g/mol. The first-order chi connectivity index (χ1) is 13.3. The molecule has 9 heteroatoms. The number of para-hydroxylation sites is 1. The van der Waals surface area contributed by atoms with Crippen molar-refractivity contribution in [2.75, 3.05) is 11.3 Å². The maximum Gasteiger partial charge on any atom is 0.270 e. The minimum atomic E-state index is -3.44. The van der Waals surface area contributed by atoms with E-state index in [1.165, 1.54) is 0 Å². The lowest BCUT2D eigenvalue weighted by Crippen LogP contribution is -2.38. The second-order valence-electron chi connectivity index (χ2n) is 7.80. The lowest BCUT2D eigenvalue weighted by molar-refractivity contribution is 0.0701. The number of H-pyrrole nitrogens is 1. The minimum absolute atomic E-state index is 0.0729. The summed E-state index contributed by atoms with van der Waals surface area (Å²) >= 11 is 0. The standard InChI is InChI=1S/C19H21N5O3S/c1-19(6-7-19)28(26,27)22-17-11-14-12-23(8-9-24(14)21-17)18(25)16-10-13-4-2-3-5-15(13)20-16/h2-5,10-11,20H,6-9,12H2,1H3,(H,21,22). The molecular weight excluding hydrogens is 378 g/mol. The molecule has 1 saturated carbocycles. The molecule has 8 nitrogen and oxygen atoms in total. The summed E-state index contributed by atoms with van der Waals surface area (Å²) in [6, 6.07) is 11.3. The highest BCUT2D eigenvalue weighted by Crippen LogP contribution is 2.43. The summed E-state index contributed by atoms with van der Waals surface area (Å²) in [4.78, 5) is 17.8. The fourth-order valence-corrected chi connectivity index (χ4v) is 4.82. The van der Waals surface area contributed by atoms with Crippen LogP contribution < -0.4 is 4.72 Å². The Morgan fingerprint density at radius 2 is 2.00 bits per heavy atom. The Labute approximate surface area is 162 Å². The molecule has 0 spiro atoms. The zero-order chi connectivity index (χ0) is 19.5. The van der Waals surface area contributed by atoms with E-state index in [9.17, 15) is 13.2 Å². The van der Waals surface area contributed by atoms with E-state index in [0.717, 1.165) is 16.6 Å². The van der Waals surface area contributed by atoms with Gasteiger partial charge in [-0.3, -0.25) is 14.2 Å². The Balaban J connectivity index is 1.35. The van der Waals surface area contributed by atoms with Crippen LogP contribution in [-0.2, 0) is 23.1 Å². The maximum atomic E-state index is 12.9. The van der Waals surface area contributed by atoms with Crippen molar-refractivity contribution in [3.05, 3.63) is 47.8 Å². The number of aromatic nitrogens is 3. The van der Waals surface area contributed by atoms with Crippen molar-refractivity contribution in [1.29, 1.82) is 0 Å². The molecule has 0 radical (unpaired) electrons. The summed E-state index contributed by atoms with van der Waals surface area (Å²) in [6.45, 7) is 3.18. The summed E-state index contributed by atoms with van der Waals surface area (Å²) < 4.78 is 28.5. The van der Waals surface area contributed by atoms with Gasteiger partial charge in [0, 0.05) is 23.5 Å². The van der Waals surface area contributed by atoms with E-state index in [-0.39, 0.29) is 5.91 Å². The van der Waals surface area contributed by atoms with Gasteiger partial charge in [0.25, 0.3) is 5.91 Å². The summed E-state index contributed by atoms with van der Waals surface area (Å²) in [5, 5.41) is 5.36. The molecule has 0 saturated heterocycles. The first kappa shape index (κ1) is 17.3. The molecule has 1 aliphatic carbocycles. The SMILES string of the molecule is CC1(S(=O)(=O)Nc2cc3n(n2)CCN(C(=O)c2cc4ccccc4[nH]2)C3)CC1. The number of hydrogen-bond donors (Lipinski definition) is 2. The maximum absolute atomic E-state index is 12.9. The van der Waals surface area contributed by atoms with Crippen LogP contribution in [0.4, 0.5) is 5.82 Å². The highest BCUT2D eigenvalue weighted by Gasteiger charge is 2.50. The number of carbonyl (C=O) groups is 1. The second-order valence-corrected chi connectivity index (χ2v) is 9.99. The fraction of sp³-hybridized carbons (Fsp3) is 0.368. The van der Waals surface area contributed by atoms with Crippen molar-refractivity contribution in [3.63, 3.8) is 0 Å². The number of sulfonamides is 1. The van der Waals surface area contributed by atoms with E-state index in [0.29, 0.717) is 44.0 Å². The van der Waals surface area contributed by atoms with Crippen molar-refractivity contribution in [2.45, 2.75) is 37.6 Å². The zero-order valence-corrected chi connectivity index (χ0v) is 16.3. The Morgan fingerprint density at radius 3 is 2.75 bits per heavy atom. The van der Waals surface area contributed by atoms with E-state index < -0.39 is 14.8 Å². The van der Waals surface area contributed by atoms with Crippen molar-refractivity contribution in [3.8, 4) is 0 Å². The fourth-order valence-electron chi connectivity index (χ4n) is 3.55. The van der Waals surface area contributed by atoms with Gasteiger partial charge in [-0.1, -0.05) is 18.2 Å². The molecule has 5 rings (SSSR count). The summed E-state index contributed by atoms with van der Waals surface area (Å²) in [5.74, 6) is 0.249. The first-order valence-corrected chi connectivity index (χ1v) is 10.8. The van der Waals surface area contributed by atoms with Crippen LogP contribution in [0.25, 0.3) is 10.9 Å². The van der Waals surface area contributed by atoms with Crippen LogP contribution in [0.2, 0.25) is 0 Å². The predicted octanol–water partition coefficient (Wildman–Crippen LogP) is 2.31. The van der Waals surface area contributed by atoms with Gasteiger partial charge in [0.1, 0.15) is 5.69 Å². The Bertz CT molecular complexity index is 1160. The number of aromatic amines is 1. The molecule has 3 heterocycles. The van der Waals surface area contributed by atoms with Gasteiger partial charge in [-0.25, -0.2) is 8.42 Å². The molecule has 1 fully saturated rings. The van der Waals surface area contributed by atoms with E-state index in [2.05, 4.69) is 14.8 Å². The number of rotatable bonds is 4. The Morgan fingerprint density at radius 1 is 1.21 bits per heavy atom. The first-order valence-electron chi connectivity index (χ1n) is 9.31. The third-order valence-corrected chi connectivity index (χ3v) is 7.87. The van der Waals surface area contributed by atoms with Crippen molar-refractivity contribution >= 4 is 32.7 Å². The quantitative estimate of drug-likeness (QED) is 0.703. The van der Waals surface area contributed by atoms with E-state index >= 15 is 0 Å². The largest absolute Gasteiger partial charge is 0.351 e. The number of nitrogens with one attached hydrogen (secondary N) is 2. The van der Waals surface area contributed by atoms with Gasteiger partial charge >= 0.3 is 0 Å². The van der Waals surface area contributed by atoms with Crippen LogP contribution in [0.1, 0.15) is 35.9 Å². The predicted molar refractivity (Wildman–Crippen MR) is 105 cm³/mol. The minimum Gasteiger partial charge on any atom is -0.351 e. The van der Waals surface area contributed by atoms with Crippen LogP contribution in [0.15, 0.2) is 36.4 Å². The number of fused-ring (bicyclic) bond motifs is 2. The molecule has 3 aromatic rings. The monoisotopic (exact) mass is 399 g/mol. The molecule has 28 heavy (non-hydrogen) atoms. The average Bonchev–Trinajstić information content (AvgIpc) is 3.14. The number of anilines is 1. The molecule has 0 atom stereocenters. The van der Waals surface area contributed by atoms with Crippen LogP contribution in [-0.4, -0.2) is 45.3 Å². The van der Waals surface area contributed by atoms with E-state index in [1.807, 2.05) is 30.3 Å². The van der Waals surface area contributed by atoms with Crippen molar-refractivity contribution in [2.24, 2.45) is 0 Å². The molecule has 2 aliphatic rings. The molecule has 0 bridgehead atoms. The van der Waals surface area contributed by atoms with Gasteiger partial charge in [-0.15, -0.1) is 0 Å². The van der Waals surface area contributed by atoms with Gasteiger partial charge in [0.05, 0.1) is 23.5 Å². The van der Waals surface area contributed by atoms with E-state index in [1.54, 1.807) is 22.6 Å². The molecule has 2 N–H and O–H groups in total. The zero-order valence-electron chi connectivity index (χ0n) is 15.5. The smallest absolute Gasteiger partial charge is 0.270 e. The topological polar surface area (TPSA) is 100 Å². The normalized spacial score (nSPS) is 18.1. The molecule has 0 unspecified atom stereocenters. The van der Waals surface area contributed by atoms with Crippen molar-refractivity contribution in [1.82, 2.24) is 19.7 Å². The molecule has 146 valence electrons. The third kappa shape index (κ3) is 2.77. The Hall–Kier alpha value is -2.81. The lowest BCUT2D eigenvalue weighted by Gasteiger charge is -2.27. The molecule has 1 amide bonds. The highest BCUT2D eigenvalue weighted by molar-refractivity contribution is 7.94. The van der Waals surface area contributed by atoms with Gasteiger partial charge in [0.15, 0.2) is 5.82 Å². The second kappa shape index (κ2) is 5.84. The van der Waals surface area contributed by atoms with Crippen LogP contribution in [0, 0.1) is 0 Å². The number of hydrogen-bond acceptors (Lipinski definition) is 4. The molecule has 2 aromatic heterocycles. The summed E-state index contributed by atoms with van der Waals surface area (Å²) in [5.41, 5.74) is 2.30. The van der Waals surface area contributed by atoms with Gasteiger partial charge in [0.2, 0.25) is 10.0 Å². The highest BCUT2D eigenvalue weighted by atomic mass is 32.2. The van der Waals surface area contributed by atoms with Gasteiger partial charge in [-0.2, -0.15) is 5.10 Å². The van der Waals surface area contributed by atoms with Gasteiger partial charge < -0.3 is 9.88 Å². The lowest BCUT2D eigenvalue weighted by atomic mass is 10.2. The number of benzene rings is 1. The summed E-state index contributed by atoms with van der Waals surface area (Å²) in [6.07, 6.45) is 1.34. The van der Waals surface area contributed by atoms with Crippen molar-refractivity contribution < 1.29 is 13.2 Å². The number of amides is 1. The van der Waals surface area contributed by atoms with E-state index in [4.69, 9.17) is 0 Å². The number of carbonyl (C=O) groups excluding carboxylic acids is 1. The third-order valence-electron chi connectivity index (χ3n) is 5.69. The molecule has 1 aliphatic heterocycles. The van der Waals surface area contributed by atoms with Crippen LogP contribution in [0.5, 0.6) is 0 Å². The molecule has 1 aromatic carbocycles. The van der Waals surface area contributed by atoms with Crippen LogP contribution in [0.3, 0.4) is 0 Å². The summed E-state index contributed by atoms with van der Waals surface area (Å²) in [7, 11) is -3.44. The Kier molecular flexibility index (Phi) is 3.61. The van der Waals surface area contributed by atoms with Gasteiger partial charge in [-0.05, 0) is 31.9 Å².